The molecule has 0 saturated carbocycles. The molecular weight excluding hydrogens is 312 g/mol. The summed E-state index contributed by atoms with van der Waals surface area (Å²) in [7, 11) is 0. The van der Waals surface area contributed by atoms with E-state index in [4.69, 9.17) is 0 Å². The van der Waals surface area contributed by atoms with Crippen LogP contribution in [0.3, 0.4) is 0 Å². The van der Waals surface area contributed by atoms with Crippen molar-refractivity contribution in [3.05, 3.63) is 48.4 Å². The molecule has 0 atom stereocenters. The fourth-order valence-electron chi connectivity index (χ4n) is 2.17. The van der Waals surface area contributed by atoms with Crippen LogP contribution in [0.25, 0.3) is 21.6 Å². The van der Waals surface area contributed by atoms with Gasteiger partial charge in [-0.05, 0) is 29.8 Å². The Hall–Kier alpha value is -2.84. The fraction of sp³-hybridized carbons (Fsp3) is 0.0667. The number of aromatic nitrogens is 5. The summed E-state index contributed by atoms with van der Waals surface area (Å²) in [5.74, 6) is 0.644. The van der Waals surface area contributed by atoms with Crippen LogP contribution in [0.2, 0.25) is 0 Å². The molecular formula is C15H12N6OS. The number of aliphatic hydroxyl groups excluding tert-OH is 1. The second-order valence-corrected chi connectivity index (χ2v) is 5.84. The number of pyridine rings is 2. The van der Waals surface area contributed by atoms with Gasteiger partial charge >= 0.3 is 0 Å². The summed E-state index contributed by atoms with van der Waals surface area (Å²) in [6, 6.07) is 7.41. The van der Waals surface area contributed by atoms with E-state index in [1.165, 1.54) is 11.3 Å². The average molecular weight is 324 g/mol. The van der Waals surface area contributed by atoms with Crippen LogP contribution in [0.5, 0.6) is 0 Å². The predicted octanol–water partition coefficient (Wildman–Crippen LogP) is 2.71. The van der Waals surface area contributed by atoms with Crippen LogP contribution in [0.1, 0.15) is 5.56 Å². The van der Waals surface area contributed by atoms with Crippen LogP contribution in [0, 0.1) is 0 Å². The molecule has 4 rings (SSSR count). The number of anilines is 2. The highest BCUT2D eigenvalue weighted by Gasteiger charge is 2.09. The molecule has 3 N–H and O–H groups in total. The number of thiazole rings is 1. The number of rotatable bonds is 4. The minimum absolute atomic E-state index is 0.0212. The molecule has 8 heteroatoms. The smallest absolute Gasteiger partial charge is 0.190 e. The summed E-state index contributed by atoms with van der Waals surface area (Å²) in [5, 5.41) is 19.8. The molecule has 0 unspecified atom stereocenters. The van der Waals surface area contributed by atoms with Crippen molar-refractivity contribution in [3.8, 4) is 11.3 Å². The molecule has 0 spiro atoms. The van der Waals surface area contributed by atoms with Crippen molar-refractivity contribution in [3.63, 3.8) is 0 Å². The van der Waals surface area contributed by atoms with Gasteiger partial charge in [-0.1, -0.05) is 11.3 Å². The van der Waals surface area contributed by atoms with Crippen molar-refractivity contribution in [1.29, 1.82) is 0 Å². The Labute approximate surface area is 135 Å². The normalized spacial score (nSPS) is 11.0. The van der Waals surface area contributed by atoms with Gasteiger partial charge in [0.25, 0.3) is 0 Å². The zero-order valence-corrected chi connectivity index (χ0v) is 12.7. The third kappa shape index (κ3) is 2.77. The molecule has 0 saturated heterocycles. The van der Waals surface area contributed by atoms with Crippen molar-refractivity contribution in [2.45, 2.75) is 6.61 Å². The highest BCUT2D eigenvalue weighted by molar-refractivity contribution is 7.21. The Morgan fingerprint density at radius 3 is 3.00 bits per heavy atom. The first-order chi connectivity index (χ1) is 11.3. The Balaban J connectivity index is 1.66. The van der Waals surface area contributed by atoms with Gasteiger partial charge in [-0.25, -0.2) is 15.0 Å². The van der Waals surface area contributed by atoms with Crippen LogP contribution < -0.4 is 5.32 Å². The maximum Gasteiger partial charge on any atom is 0.190 e. The standard InChI is InChI=1S/C15H12N6OS/c22-8-9-3-4-16-13(5-9)21-15-20-12-2-1-11(19-14(12)23-15)10-6-17-18-7-10/h1-7,22H,8H2,(H,17,18)(H,16,20,21). The van der Waals surface area contributed by atoms with Crippen LogP contribution in [0.15, 0.2) is 42.9 Å². The molecule has 7 nitrogen and oxygen atoms in total. The van der Waals surface area contributed by atoms with E-state index in [0.29, 0.717) is 10.9 Å². The summed E-state index contributed by atoms with van der Waals surface area (Å²) in [4.78, 5) is 14.2. The van der Waals surface area contributed by atoms with Crippen LogP contribution in [-0.2, 0) is 6.61 Å². The van der Waals surface area contributed by atoms with E-state index in [0.717, 1.165) is 27.2 Å². The zero-order valence-electron chi connectivity index (χ0n) is 11.9. The third-order valence-corrected chi connectivity index (χ3v) is 4.17. The molecule has 0 aliphatic rings. The Bertz CT molecular complexity index is 950. The average Bonchev–Trinajstić information content (AvgIpc) is 3.23. The monoisotopic (exact) mass is 324 g/mol. The minimum Gasteiger partial charge on any atom is -0.392 e. The van der Waals surface area contributed by atoms with Gasteiger partial charge in [0.1, 0.15) is 16.2 Å². The Morgan fingerprint density at radius 1 is 1.22 bits per heavy atom. The minimum atomic E-state index is -0.0212. The first-order valence-electron chi connectivity index (χ1n) is 6.91. The molecule has 4 aromatic heterocycles. The largest absolute Gasteiger partial charge is 0.392 e. The maximum atomic E-state index is 9.18. The quantitative estimate of drug-likeness (QED) is 0.534. The number of aliphatic hydroxyl groups is 1. The number of nitrogens with zero attached hydrogens (tertiary/aromatic N) is 4. The molecule has 0 aliphatic heterocycles. The SMILES string of the molecule is OCc1ccnc(Nc2nc3ccc(-c4cn[nH]c4)nc3s2)c1. The summed E-state index contributed by atoms with van der Waals surface area (Å²) in [6.07, 6.45) is 5.19. The van der Waals surface area contributed by atoms with Crippen LogP contribution >= 0.6 is 11.3 Å². The molecule has 0 radical (unpaired) electrons. The number of aromatic amines is 1. The predicted molar refractivity (Wildman–Crippen MR) is 88.4 cm³/mol. The molecule has 4 heterocycles. The van der Waals surface area contributed by atoms with Crippen LogP contribution in [-0.4, -0.2) is 30.3 Å². The summed E-state index contributed by atoms with van der Waals surface area (Å²) < 4.78 is 0. The van der Waals surface area contributed by atoms with E-state index < -0.39 is 0 Å². The molecule has 0 bridgehead atoms. The first-order valence-corrected chi connectivity index (χ1v) is 7.73. The zero-order chi connectivity index (χ0) is 15.6. The lowest BCUT2D eigenvalue weighted by molar-refractivity contribution is 0.282. The number of fused-ring (bicyclic) bond motifs is 1. The summed E-state index contributed by atoms with van der Waals surface area (Å²) in [5.41, 5.74) is 3.40. The van der Waals surface area contributed by atoms with Gasteiger partial charge in [0.2, 0.25) is 0 Å². The Kier molecular flexibility index (Phi) is 3.45. The topological polar surface area (TPSA) is 99.6 Å². The van der Waals surface area contributed by atoms with Crippen molar-refractivity contribution in [2.24, 2.45) is 0 Å². The van der Waals surface area contributed by atoms with Gasteiger partial charge < -0.3 is 10.4 Å². The molecule has 114 valence electrons. The van der Waals surface area contributed by atoms with Crippen molar-refractivity contribution < 1.29 is 5.11 Å². The van der Waals surface area contributed by atoms with Gasteiger partial charge in [0, 0.05) is 18.0 Å². The van der Waals surface area contributed by atoms with Crippen molar-refractivity contribution >= 4 is 32.6 Å². The lowest BCUT2D eigenvalue weighted by Crippen LogP contribution is -1.94. The van der Waals surface area contributed by atoms with E-state index in [1.54, 1.807) is 30.7 Å². The van der Waals surface area contributed by atoms with Gasteiger partial charge in [-0.3, -0.25) is 5.10 Å². The third-order valence-electron chi connectivity index (χ3n) is 3.29. The molecule has 0 aromatic carbocycles. The van der Waals surface area contributed by atoms with Gasteiger partial charge in [-0.2, -0.15) is 5.10 Å². The molecule has 0 aliphatic carbocycles. The first kappa shape index (κ1) is 13.8. The lowest BCUT2D eigenvalue weighted by atomic mass is 10.2. The van der Waals surface area contributed by atoms with E-state index in [1.807, 2.05) is 12.1 Å². The van der Waals surface area contributed by atoms with E-state index >= 15 is 0 Å². The number of nitrogens with one attached hydrogen (secondary N) is 2. The molecule has 23 heavy (non-hydrogen) atoms. The lowest BCUT2D eigenvalue weighted by Gasteiger charge is -2.02. The summed E-state index contributed by atoms with van der Waals surface area (Å²) >= 11 is 1.45. The molecule has 0 fully saturated rings. The van der Waals surface area contributed by atoms with E-state index in [9.17, 15) is 5.11 Å². The van der Waals surface area contributed by atoms with Crippen molar-refractivity contribution in [1.82, 2.24) is 25.1 Å². The highest BCUT2D eigenvalue weighted by atomic mass is 32.1. The highest BCUT2D eigenvalue weighted by Crippen LogP contribution is 2.28. The number of hydrogen-bond acceptors (Lipinski definition) is 7. The molecule has 0 amide bonds. The van der Waals surface area contributed by atoms with Gasteiger partial charge in [-0.15, -0.1) is 0 Å². The van der Waals surface area contributed by atoms with Crippen LogP contribution in [0.4, 0.5) is 10.9 Å². The van der Waals surface area contributed by atoms with E-state index in [2.05, 4.69) is 30.5 Å². The number of hydrogen-bond donors (Lipinski definition) is 3. The number of H-pyrrole nitrogens is 1. The second-order valence-electron chi connectivity index (χ2n) is 4.86. The Morgan fingerprint density at radius 2 is 2.17 bits per heavy atom. The second kappa shape index (κ2) is 5.75. The maximum absolute atomic E-state index is 9.18. The fourth-order valence-corrected chi connectivity index (χ4v) is 3.02. The van der Waals surface area contributed by atoms with E-state index in [-0.39, 0.29) is 6.61 Å². The van der Waals surface area contributed by atoms with Gasteiger partial charge in [0.15, 0.2) is 5.13 Å². The molecule has 4 aromatic rings. The van der Waals surface area contributed by atoms with Crippen molar-refractivity contribution in [2.75, 3.05) is 5.32 Å². The summed E-state index contributed by atoms with van der Waals surface area (Å²) in [6.45, 7) is -0.0212. The van der Waals surface area contributed by atoms with Gasteiger partial charge in [0.05, 0.1) is 18.5 Å².